The van der Waals surface area contributed by atoms with Crippen molar-refractivity contribution in [3.05, 3.63) is 42.1 Å². The fraction of sp³-hybridized carbons (Fsp3) is 0.389. The topological polar surface area (TPSA) is 101 Å². The molecule has 1 aromatic heterocycles. The molecule has 3 rings (SSSR count). The first-order valence-corrected chi connectivity index (χ1v) is 10.5. The highest BCUT2D eigenvalue weighted by atomic mass is 32.2. The number of hydrogen-bond acceptors (Lipinski definition) is 8. The number of methoxy groups -OCH3 is 1. The van der Waals surface area contributed by atoms with Gasteiger partial charge in [-0.05, 0) is 37.6 Å². The normalized spacial score (nSPS) is 18.1. The molecule has 0 bridgehead atoms. The third-order valence-corrected chi connectivity index (χ3v) is 6.22. The minimum absolute atomic E-state index is 0.0783. The van der Waals surface area contributed by atoms with Crippen LogP contribution in [-0.2, 0) is 14.6 Å². The van der Waals surface area contributed by atoms with E-state index in [0.717, 1.165) is 0 Å². The first kappa shape index (κ1) is 19.1. The highest BCUT2D eigenvalue weighted by Gasteiger charge is 2.32. The van der Waals surface area contributed by atoms with Gasteiger partial charge in [-0.1, -0.05) is 6.07 Å². The number of carbonyl (C=O) groups is 1. The van der Waals surface area contributed by atoms with Gasteiger partial charge in [0.15, 0.2) is 9.84 Å². The van der Waals surface area contributed by atoms with E-state index in [1.807, 2.05) is 11.8 Å². The van der Waals surface area contributed by atoms with Crippen molar-refractivity contribution in [3.8, 4) is 0 Å². The van der Waals surface area contributed by atoms with E-state index in [9.17, 15) is 13.2 Å². The number of esters is 1. The number of hydrogen-bond donors (Lipinski definition) is 1. The highest BCUT2D eigenvalue weighted by Crippen LogP contribution is 2.24. The standard InChI is InChI=1S/C18H22N4O4S/c1-3-22(15-8-10-27(24,25)12-15)16-7-9-19-18(21-16)20-14-6-4-5-13(11-14)17(23)26-2/h4-7,9,11,15H,3,8,10,12H2,1-2H3,(H,19,20,21). The molecule has 9 heteroatoms. The molecule has 1 fully saturated rings. The zero-order valence-corrected chi connectivity index (χ0v) is 16.1. The predicted octanol–water partition coefficient (Wildman–Crippen LogP) is 2.02. The van der Waals surface area contributed by atoms with Crippen LogP contribution in [0.4, 0.5) is 17.5 Å². The van der Waals surface area contributed by atoms with Crippen LogP contribution in [0.25, 0.3) is 0 Å². The van der Waals surface area contributed by atoms with Crippen LogP contribution in [0.3, 0.4) is 0 Å². The van der Waals surface area contributed by atoms with Crippen LogP contribution in [0.15, 0.2) is 36.5 Å². The van der Waals surface area contributed by atoms with Crippen molar-refractivity contribution in [1.29, 1.82) is 0 Å². The summed E-state index contributed by atoms with van der Waals surface area (Å²) in [5.74, 6) is 0.974. The molecule has 1 atom stereocenters. The van der Waals surface area contributed by atoms with Crippen molar-refractivity contribution in [2.24, 2.45) is 0 Å². The van der Waals surface area contributed by atoms with Crippen LogP contribution in [0.1, 0.15) is 23.7 Å². The van der Waals surface area contributed by atoms with Gasteiger partial charge >= 0.3 is 5.97 Å². The van der Waals surface area contributed by atoms with Gasteiger partial charge < -0.3 is 15.0 Å². The number of benzene rings is 1. The molecule has 27 heavy (non-hydrogen) atoms. The average molecular weight is 390 g/mol. The number of aromatic nitrogens is 2. The second kappa shape index (κ2) is 7.91. The summed E-state index contributed by atoms with van der Waals surface area (Å²) in [6, 6.07) is 8.54. The maximum Gasteiger partial charge on any atom is 0.337 e. The van der Waals surface area contributed by atoms with Crippen LogP contribution >= 0.6 is 0 Å². The summed E-state index contributed by atoms with van der Waals surface area (Å²) >= 11 is 0. The molecule has 0 aliphatic carbocycles. The maximum absolute atomic E-state index is 11.8. The van der Waals surface area contributed by atoms with Gasteiger partial charge in [-0.2, -0.15) is 4.98 Å². The van der Waals surface area contributed by atoms with E-state index in [1.165, 1.54) is 7.11 Å². The summed E-state index contributed by atoms with van der Waals surface area (Å²) in [7, 11) is -1.65. The van der Waals surface area contributed by atoms with Gasteiger partial charge in [-0.3, -0.25) is 0 Å². The van der Waals surface area contributed by atoms with E-state index >= 15 is 0 Å². The Labute approximate surface area is 158 Å². The van der Waals surface area contributed by atoms with E-state index in [-0.39, 0.29) is 17.5 Å². The fourth-order valence-electron chi connectivity index (χ4n) is 3.17. The Bertz CT molecular complexity index is 932. The van der Waals surface area contributed by atoms with Gasteiger partial charge in [0.05, 0.1) is 24.2 Å². The second-order valence-electron chi connectivity index (χ2n) is 6.28. The Morgan fingerprint density at radius 1 is 1.37 bits per heavy atom. The van der Waals surface area contributed by atoms with Gasteiger partial charge in [-0.15, -0.1) is 0 Å². The smallest absolute Gasteiger partial charge is 0.337 e. The average Bonchev–Trinajstić information content (AvgIpc) is 3.02. The minimum Gasteiger partial charge on any atom is -0.465 e. The van der Waals surface area contributed by atoms with E-state index in [4.69, 9.17) is 4.74 Å². The molecule has 1 unspecified atom stereocenters. The number of rotatable bonds is 6. The van der Waals surface area contributed by atoms with Crippen molar-refractivity contribution in [2.75, 3.05) is 35.4 Å². The SMILES string of the molecule is CCN(c1ccnc(Nc2cccc(C(=O)OC)c2)n1)C1CCS(=O)(=O)C1. The highest BCUT2D eigenvalue weighted by molar-refractivity contribution is 7.91. The van der Waals surface area contributed by atoms with Crippen LogP contribution in [0, 0.1) is 0 Å². The third-order valence-electron chi connectivity index (χ3n) is 4.46. The zero-order chi connectivity index (χ0) is 19.4. The summed E-state index contributed by atoms with van der Waals surface area (Å²) in [5.41, 5.74) is 1.08. The molecular weight excluding hydrogens is 368 g/mol. The van der Waals surface area contributed by atoms with Gasteiger partial charge in [-0.25, -0.2) is 18.2 Å². The Morgan fingerprint density at radius 2 is 2.19 bits per heavy atom. The maximum atomic E-state index is 11.8. The molecule has 2 heterocycles. The summed E-state index contributed by atoms with van der Waals surface area (Å²) < 4.78 is 28.3. The summed E-state index contributed by atoms with van der Waals surface area (Å²) in [4.78, 5) is 22.4. The van der Waals surface area contributed by atoms with Crippen LogP contribution in [0.2, 0.25) is 0 Å². The van der Waals surface area contributed by atoms with Crippen molar-refractivity contribution in [2.45, 2.75) is 19.4 Å². The minimum atomic E-state index is -2.98. The number of nitrogens with zero attached hydrogens (tertiary/aromatic N) is 3. The summed E-state index contributed by atoms with van der Waals surface area (Å²) in [5, 5.41) is 3.07. The lowest BCUT2D eigenvalue weighted by molar-refractivity contribution is 0.0601. The van der Waals surface area contributed by atoms with Crippen LogP contribution in [-0.4, -0.2) is 55.6 Å². The van der Waals surface area contributed by atoms with Gasteiger partial charge in [0.2, 0.25) is 5.95 Å². The van der Waals surface area contributed by atoms with E-state index in [1.54, 1.807) is 36.5 Å². The molecule has 0 amide bonds. The van der Waals surface area contributed by atoms with Crippen molar-refractivity contribution >= 4 is 33.3 Å². The molecule has 1 aliphatic rings. The molecule has 0 spiro atoms. The molecule has 1 saturated heterocycles. The number of sulfone groups is 1. The number of ether oxygens (including phenoxy) is 1. The van der Waals surface area contributed by atoms with Crippen molar-refractivity contribution in [3.63, 3.8) is 0 Å². The Hall–Kier alpha value is -2.68. The summed E-state index contributed by atoms with van der Waals surface area (Å²) in [6.45, 7) is 2.62. The van der Waals surface area contributed by atoms with E-state index < -0.39 is 15.8 Å². The second-order valence-corrected chi connectivity index (χ2v) is 8.51. The predicted molar refractivity (Wildman–Crippen MR) is 103 cm³/mol. The molecule has 0 radical (unpaired) electrons. The molecule has 2 aromatic rings. The van der Waals surface area contributed by atoms with Crippen LogP contribution in [0.5, 0.6) is 0 Å². The lowest BCUT2D eigenvalue weighted by atomic mass is 10.2. The molecule has 144 valence electrons. The Kier molecular flexibility index (Phi) is 5.59. The van der Waals surface area contributed by atoms with Gasteiger partial charge in [0.1, 0.15) is 5.82 Å². The third kappa shape index (κ3) is 4.54. The molecular formula is C18H22N4O4S. The monoisotopic (exact) mass is 390 g/mol. The quantitative estimate of drug-likeness (QED) is 0.748. The zero-order valence-electron chi connectivity index (χ0n) is 15.3. The number of anilines is 3. The van der Waals surface area contributed by atoms with E-state index in [0.29, 0.717) is 36.0 Å². The molecule has 1 aromatic carbocycles. The summed E-state index contributed by atoms with van der Waals surface area (Å²) in [6.07, 6.45) is 2.23. The van der Waals surface area contributed by atoms with Crippen molar-refractivity contribution in [1.82, 2.24) is 9.97 Å². The first-order valence-electron chi connectivity index (χ1n) is 8.67. The molecule has 1 N–H and O–H groups in total. The number of carbonyl (C=O) groups excluding carboxylic acids is 1. The lowest BCUT2D eigenvalue weighted by Crippen LogP contribution is -2.36. The fourth-order valence-corrected chi connectivity index (χ4v) is 4.90. The Balaban J connectivity index is 1.80. The largest absolute Gasteiger partial charge is 0.465 e. The molecule has 0 saturated carbocycles. The van der Waals surface area contributed by atoms with E-state index in [2.05, 4.69) is 15.3 Å². The van der Waals surface area contributed by atoms with Crippen molar-refractivity contribution < 1.29 is 17.9 Å². The first-order chi connectivity index (χ1) is 12.9. The number of nitrogens with one attached hydrogen (secondary N) is 1. The van der Waals surface area contributed by atoms with Gasteiger partial charge in [0.25, 0.3) is 0 Å². The Morgan fingerprint density at radius 3 is 2.85 bits per heavy atom. The molecule has 1 aliphatic heterocycles. The van der Waals surface area contributed by atoms with Gasteiger partial charge in [0, 0.05) is 24.5 Å². The molecule has 8 nitrogen and oxygen atoms in total. The lowest BCUT2D eigenvalue weighted by Gasteiger charge is -2.28. The van der Waals surface area contributed by atoms with Crippen LogP contribution < -0.4 is 10.2 Å².